The van der Waals surface area contributed by atoms with E-state index >= 15 is 0 Å². The highest BCUT2D eigenvalue weighted by molar-refractivity contribution is 5.49. The molecular weight excluding hydrogens is 232 g/mol. The standard InChI is InChI=1S/C17H18N2/c1-14(10-11-15-6-3-2-4-7-15)19-17-9-5-8-16(12-17)13-18/h2-9,12,14,19H,10-11H2,1H3. The van der Waals surface area contributed by atoms with E-state index in [1.807, 2.05) is 30.3 Å². The molecule has 1 N–H and O–H groups in total. The molecule has 0 saturated carbocycles. The minimum absolute atomic E-state index is 0.383. The summed E-state index contributed by atoms with van der Waals surface area (Å²) in [5, 5.41) is 12.3. The van der Waals surface area contributed by atoms with E-state index in [4.69, 9.17) is 5.26 Å². The number of nitrogens with zero attached hydrogens (tertiary/aromatic N) is 1. The van der Waals surface area contributed by atoms with E-state index in [2.05, 4.69) is 42.6 Å². The lowest BCUT2D eigenvalue weighted by Gasteiger charge is -2.15. The lowest BCUT2D eigenvalue weighted by molar-refractivity contribution is 0.706. The van der Waals surface area contributed by atoms with Gasteiger partial charge in [0.1, 0.15) is 0 Å². The van der Waals surface area contributed by atoms with Crippen LogP contribution in [-0.2, 0) is 6.42 Å². The second kappa shape index (κ2) is 6.61. The molecule has 0 aliphatic carbocycles. The van der Waals surface area contributed by atoms with Gasteiger partial charge in [-0.2, -0.15) is 5.26 Å². The van der Waals surface area contributed by atoms with Crippen LogP contribution in [0.4, 0.5) is 5.69 Å². The number of rotatable bonds is 5. The fourth-order valence-electron chi connectivity index (χ4n) is 2.06. The van der Waals surface area contributed by atoms with Gasteiger partial charge in [-0.15, -0.1) is 0 Å². The quantitative estimate of drug-likeness (QED) is 0.870. The van der Waals surface area contributed by atoms with Crippen molar-refractivity contribution in [1.29, 1.82) is 5.26 Å². The molecule has 2 aromatic rings. The summed E-state index contributed by atoms with van der Waals surface area (Å²) in [7, 11) is 0. The Labute approximate surface area is 114 Å². The summed E-state index contributed by atoms with van der Waals surface area (Å²) in [6.45, 7) is 2.17. The van der Waals surface area contributed by atoms with Crippen molar-refractivity contribution in [2.24, 2.45) is 0 Å². The Balaban J connectivity index is 1.87. The Bertz CT molecular complexity index is 555. The molecule has 0 aromatic heterocycles. The van der Waals surface area contributed by atoms with E-state index in [0.717, 1.165) is 18.5 Å². The van der Waals surface area contributed by atoms with Gasteiger partial charge in [0.05, 0.1) is 11.6 Å². The molecule has 19 heavy (non-hydrogen) atoms. The summed E-state index contributed by atoms with van der Waals surface area (Å²) in [6, 6.07) is 20.7. The molecule has 0 saturated heterocycles. The highest BCUT2D eigenvalue weighted by Gasteiger charge is 2.03. The summed E-state index contributed by atoms with van der Waals surface area (Å²) in [6.07, 6.45) is 2.13. The van der Waals surface area contributed by atoms with Crippen molar-refractivity contribution in [2.45, 2.75) is 25.8 Å². The number of benzene rings is 2. The minimum atomic E-state index is 0.383. The van der Waals surface area contributed by atoms with Crippen molar-refractivity contribution in [2.75, 3.05) is 5.32 Å². The van der Waals surface area contributed by atoms with Crippen molar-refractivity contribution in [3.8, 4) is 6.07 Å². The van der Waals surface area contributed by atoms with Crippen molar-refractivity contribution in [3.05, 3.63) is 65.7 Å². The van der Waals surface area contributed by atoms with Gasteiger partial charge < -0.3 is 5.32 Å². The molecule has 2 nitrogen and oxygen atoms in total. The largest absolute Gasteiger partial charge is 0.383 e. The van der Waals surface area contributed by atoms with Gasteiger partial charge in [0.2, 0.25) is 0 Å². The van der Waals surface area contributed by atoms with Gasteiger partial charge in [-0.1, -0.05) is 36.4 Å². The molecule has 0 heterocycles. The average molecular weight is 250 g/mol. The molecule has 0 spiro atoms. The Morgan fingerprint density at radius 2 is 1.89 bits per heavy atom. The van der Waals surface area contributed by atoms with E-state index in [0.29, 0.717) is 11.6 Å². The monoisotopic (exact) mass is 250 g/mol. The van der Waals surface area contributed by atoms with Crippen LogP contribution in [0.5, 0.6) is 0 Å². The van der Waals surface area contributed by atoms with E-state index < -0.39 is 0 Å². The van der Waals surface area contributed by atoms with Crippen LogP contribution in [0.3, 0.4) is 0 Å². The van der Waals surface area contributed by atoms with Crippen molar-refractivity contribution in [3.63, 3.8) is 0 Å². The predicted octanol–water partition coefficient (Wildman–Crippen LogP) is 3.99. The number of anilines is 1. The molecule has 0 fully saturated rings. The van der Waals surface area contributed by atoms with Crippen LogP contribution in [0.25, 0.3) is 0 Å². The second-order valence-corrected chi connectivity index (χ2v) is 4.76. The molecular formula is C17H18N2. The topological polar surface area (TPSA) is 35.8 Å². The van der Waals surface area contributed by atoms with Crippen LogP contribution in [0.15, 0.2) is 54.6 Å². The molecule has 1 unspecified atom stereocenters. The van der Waals surface area contributed by atoms with Gasteiger partial charge in [-0.05, 0) is 43.5 Å². The number of hydrogen-bond donors (Lipinski definition) is 1. The summed E-state index contributed by atoms with van der Waals surface area (Å²) in [4.78, 5) is 0. The van der Waals surface area contributed by atoms with E-state index in [1.165, 1.54) is 5.56 Å². The molecule has 2 aromatic carbocycles. The minimum Gasteiger partial charge on any atom is -0.383 e. The first-order valence-electron chi connectivity index (χ1n) is 6.58. The second-order valence-electron chi connectivity index (χ2n) is 4.76. The van der Waals surface area contributed by atoms with Crippen LogP contribution in [-0.4, -0.2) is 6.04 Å². The number of nitriles is 1. The Morgan fingerprint density at radius 3 is 2.63 bits per heavy atom. The molecule has 0 aliphatic heterocycles. The van der Waals surface area contributed by atoms with Crippen molar-refractivity contribution in [1.82, 2.24) is 0 Å². The van der Waals surface area contributed by atoms with Crippen molar-refractivity contribution < 1.29 is 0 Å². The third-order valence-corrected chi connectivity index (χ3v) is 3.11. The molecule has 0 bridgehead atoms. The van der Waals surface area contributed by atoms with E-state index in [1.54, 1.807) is 0 Å². The summed E-state index contributed by atoms with van der Waals surface area (Å²) < 4.78 is 0. The third kappa shape index (κ3) is 4.15. The Kier molecular flexibility index (Phi) is 4.58. The summed E-state index contributed by atoms with van der Waals surface area (Å²) in [5.41, 5.74) is 3.07. The third-order valence-electron chi connectivity index (χ3n) is 3.11. The highest BCUT2D eigenvalue weighted by atomic mass is 14.9. The summed E-state index contributed by atoms with van der Waals surface area (Å²) in [5.74, 6) is 0. The zero-order valence-electron chi connectivity index (χ0n) is 11.1. The van der Waals surface area contributed by atoms with Crippen LogP contribution in [0.2, 0.25) is 0 Å². The maximum Gasteiger partial charge on any atom is 0.0992 e. The van der Waals surface area contributed by atoms with Crippen LogP contribution in [0.1, 0.15) is 24.5 Å². The van der Waals surface area contributed by atoms with Crippen LogP contribution >= 0.6 is 0 Å². The van der Waals surface area contributed by atoms with Gasteiger partial charge >= 0.3 is 0 Å². The van der Waals surface area contributed by atoms with Crippen molar-refractivity contribution >= 4 is 5.69 Å². The van der Waals surface area contributed by atoms with Crippen LogP contribution in [0, 0.1) is 11.3 Å². The lowest BCUT2D eigenvalue weighted by Crippen LogP contribution is -2.15. The SMILES string of the molecule is CC(CCc1ccccc1)Nc1cccc(C#N)c1. The number of hydrogen-bond acceptors (Lipinski definition) is 2. The number of aryl methyl sites for hydroxylation is 1. The normalized spacial score (nSPS) is 11.6. The summed E-state index contributed by atoms with van der Waals surface area (Å²) >= 11 is 0. The molecule has 96 valence electrons. The van der Waals surface area contributed by atoms with Gasteiger partial charge in [-0.3, -0.25) is 0 Å². The van der Waals surface area contributed by atoms with E-state index in [-0.39, 0.29) is 0 Å². The average Bonchev–Trinajstić information content (AvgIpc) is 2.46. The maximum absolute atomic E-state index is 8.87. The predicted molar refractivity (Wildman–Crippen MR) is 79.0 cm³/mol. The van der Waals surface area contributed by atoms with Gasteiger partial charge in [0.15, 0.2) is 0 Å². The maximum atomic E-state index is 8.87. The first-order chi connectivity index (χ1) is 9.28. The number of nitrogens with one attached hydrogen (secondary N) is 1. The van der Waals surface area contributed by atoms with Crippen LogP contribution < -0.4 is 5.32 Å². The smallest absolute Gasteiger partial charge is 0.0992 e. The molecule has 1 atom stereocenters. The van der Waals surface area contributed by atoms with Gasteiger partial charge in [0, 0.05) is 11.7 Å². The first-order valence-corrected chi connectivity index (χ1v) is 6.58. The fraction of sp³-hybridized carbons (Fsp3) is 0.235. The molecule has 0 amide bonds. The fourth-order valence-corrected chi connectivity index (χ4v) is 2.06. The molecule has 0 aliphatic rings. The Morgan fingerprint density at radius 1 is 1.11 bits per heavy atom. The zero-order valence-corrected chi connectivity index (χ0v) is 11.1. The first kappa shape index (κ1) is 13.2. The lowest BCUT2D eigenvalue weighted by atomic mass is 10.1. The molecule has 2 heteroatoms. The molecule has 2 rings (SSSR count). The Hall–Kier alpha value is -2.27. The van der Waals surface area contributed by atoms with Gasteiger partial charge in [-0.25, -0.2) is 0 Å². The molecule has 0 radical (unpaired) electrons. The van der Waals surface area contributed by atoms with Gasteiger partial charge in [0.25, 0.3) is 0 Å². The zero-order chi connectivity index (χ0) is 13.5. The van der Waals surface area contributed by atoms with E-state index in [9.17, 15) is 0 Å². The highest BCUT2D eigenvalue weighted by Crippen LogP contribution is 2.13.